The van der Waals surface area contributed by atoms with E-state index >= 15 is 0 Å². The van der Waals surface area contributed by atoms with Crippen molar-refractivity contribution in [2.75, 3.05) is 20.0 Å². The molecule has 0 spiro atoms. The first-order valence-corrected chi connectivity index (χ1v) is 11.5. The highest BCUT2D eigenvalue weighted by molar-refractivity contribution is 7.99. The molecule has 0 saturated carbocycles. The molecule has 0 bridgehead atoms. The van der Waals surface area contributed by atoms with Gasteiger partial charge in [-0.2, -0.15) is 0 Å². The van der Waals surface area contributed by atoms with Gasteiger partial charge in [0.1, 0.15) is 11.4 Å². The Balaban J connectivity index is 1.63. The summed E-state index contributed by atoms with van der Waals surface area (Å²) in [5.41, 5.74) is 2.35. The number of pyridine rings is 1. The van der Waals surface area contributed by atoms with E-state index in [4.69, 9.17) is 9.47 Å². The van der Waals surface area contributed by atoms with Crippen LogP contribution in [0.5, 0.6) is 11.5 Å². The summed E-state index contributed by atoms with van der Waals surface area (Å²) < 4.78 is 10.8. The zero-order valence-corrected chi connectivity index (χ0v) is 19.2. The van der Waals surface area contributed by atoms with Gasteiger partial charge in [-0.3, -0.25) is 14.6 Å². The van der Waals surface area contributed by atoms with Gasteiger partial charge in [0, 0.05) is 30.3 Å². The third-order valence-corrected chi connectivity index (χ3v) is 6.79. The maximum atomic E-state index is 13.6. The summed E-state index contributed by atoms with van der Waals surface area (Å²) in [6.07, 6.45) is 3.37. The smallest absolute Gasteiger partial charge is 0.255 e. The predicted octanol–water partition coefficient (Wildman–Crippen LogP) is 3.67. The van der Waals surface area contributed by atoms with Crippen molar-refractivity contribution >= 4 is 23.6 Å². The van der Waals surface area contributed by atoms with E-state index in [9.17, 15) is 9.59 Å². The number of methoxy groups -OCH3 is 2. The molecule has 1 aromatic heterocycles. The number of carbonyl (C=O) groups is 2. The Morgan fingerprint density at radius 2 is 1.76 bits per heavy atom. The van der Waals surface area contributed by atoms with Crippen molar-refractivity contribution < 1.29 is 19.1 Å². The van der Waals surface area contributed by atoms with E-state index in [1.54, 1.807) is 55.4 Å². The molecule has 2 atom stereocenters. The lowest BCUT2D eigenvalue weighted by Crippen LogP contribution is -2.47. The minimum absolute atomic E-state index is 0.188. The number of nitrogens with one attached hydrogen (secondary N) is 1. The van der Waals surface area contributed by atoms with Gasteiger partial charge >= 0.3 is 0 Å². The summed E-state index contributed by atoms with van der Waals surface area (Å²) in [7, 11) is 3.15. The number of amides is 2. The molecular formula is C25H25N3O4S. The predicted molar refractivity (Wildman–Crippen MR) is 127 cm³/mol. The van der Waals surface area contributed by atoms with E-state index in [1.807, 2.05) is 48.5 Å². The lowest BCUT2D eigenvalue weighted by Gasteiger charge is -2.29. The first-order valence-electron chi connectivity index (χ1n) is 10.5. The maximum absolute atomic E-state index is 13.6. The van der Waals surface area contributed by atoms with Crippen LogP contribution >= 0.6 is 11.8 Å². The molecule has 2 heterocycles. The van der Waals surface area contributed by atoms with Crippen LogP contribution in [-0.4, -0.2) is 47.7 Å². The summed E-state index contributed by atoms with van der Waals surface area (Å²) in [5.74, 6) is 1.29. The van der Waals surface area contributed by atoms with Crippen LogP contribution in [0.25, 0.3) is 0 Å². The lowest BCUT2D eigenvalue weighted by molar-refractivity contribution is -0.125. The molecule has 2 amide bonds. The number of rotatable bonds is 7. The number of hydrogen-bond donors (Lipinski definition) is 1. The largest absolute Gasteiger partial charge is 0.493 e. The molecule has 0 radical (unpaired) electrons. The van der Waals surface area contributed by atoms with Crippen LogP contribution in [0.2, 0.25) is 0 Å². The first-order chi connectivity index (χ1) is 16.1. The van der Waals surface area contributed by atoms with Gasteiger partial charge in [-0.15, -0.1) is 11.8 Å². The fourth-order valence-electron chi connectivity index (χ4n) is 3.76. The normalized spacial score (nSPS) is 17.5. The molecule has 1 saturated heterocycles. The molecule has 170 valence electrons. The van der Waals surface area contributed by atoms with Gasteiger partial charge in [0.25, 0.3) is 5.91 Å². The van der Waals surface area contributed by atoms with Crippen LogP contribution in [0.4, 0.5) is 0 Å². The average Bonchev–Trinajstić information content (AvgIpc) is 3.32. The van der Waals surface area contributed by atoms with Gasteiger partial charge in [-0.25, -0.2) is 0 Å². The first kappa shape index (κ1) is 22.7. The molecule has 1 fully saturated rings. The molecule has 1 aliphatic rings. The number of carbonyl (C=O) groups excluding carboxylic acids is 2. The van der Waals surface area contributed by atoms with Gasteiger partial charge in [0.2, 0.25) is 5.91 Å². The van der Waals surface area contributed by atoms with Gasteiger partial charge in [-0.05, 0) is 47.5 Å². The van der Waals surface area contributed by atoms with Crippen LogP contribution in [0.3, 0.4) is 0 Å². The molecule has 1 N–H and O–H groups in total. The molecule has 2 aromatic carbocycles. The van der Waals surface area contributed by atoms with Crippen molar-refractivity contribution in [2.45, 2.75) is 18.0 Å². The third kappa shape index (κ3) is 4.96. The fraction of sp³-hybridized carbons (Fsp3) is 0.240. The van der Waals surface area contributed by atoms with E-state index in [0.29, 0.717) is 29.4 Å². The Labute approximate surface area is 197 Å². The minimum Gasteiger partial charge on any atom is -0.493 e. The van der Waals surface area contributed by atoms with Crippen LogP contribution < -0.4 is 14.8 Å². The molecule has 33 heavy (non-hydrogen) atoms. The van der Waals surface area contributed by atoms with Crippen LogP contribution in [0.1, 0.15) is 26.9 Å². The van der Waals surface area contributed by atoms with Gasteiger partial charge in [0.15, 0.2) is 11.5 Å². The standard InChI is InChI=1S/C25H25N3O4S/c1-31-21-9-8-19(14-22(21)32-2)25-28(24(30)18-6-4-3-5-7-18)20(16-33-25)23(29)27-15-17-10-12-26-13-11-17/h3-14,20,25H,15-16H2,1-2H3,(H,27,29). The highest BCUT2D eigenvalue weighted by Crippen LogP contribution is 2.44. The Kier molecular flexibility index (Phi) is 7.14. The van der Waals surface area contributed by atoms with Crippen molar-refractivity contribution in [1.29, 1.82) is 0 Å². The molecule has 3 aromatic rings. The molecular weight excluding hydrogens is 438 g/mol. The molecule has 8 heteroatoms. The third-order valence-electron chi connectivity index (χ3n) is 5.47. The number of aromatic nitrogens is 1. The summed E-state index contributed by atoms with van der Waals surface area (Å²) in [5, 5.41) is 2.63. The maximum Gasteiger partial charge on any atom is 0.255 e. The fourth-order valence-corrected chi connectivity index (χ4v) is 5.18. The SMILES string of the molecule is COc1ccc(C2SCC(C(=O)NCc3ccncc3)N2C(=O)c2ccccc2)cc1OC. The Bertz CT molecular complexity index is 1110. The van der Waals surface area contributed by atoms with Crippen molar-refractivity contribution in [3.63, 3.8) is 0 Å². The average molecular weight is 464 g/mol. The van der Waals surface area contributed by atoms with Gasteiger partial charge < -0.3 is 19.7 Å². The summed E-state index contributed by atoms with van der Waals surface area (Å²) >= 11 is 1.56. The van der Waals surface area contributed by atoms with Crippen LogP contribution in [0.15, 0.2) is 73.1 Å². The van der Waals surface area contributed by atoms with Crippen LogP contribution in [-0.2, 0) is 11.3 Å². The zero-order chi connectivity index (χ0) is 23.2. The van der Waals surface area contributed by atoms with Gasteiger partial charge in [-0.1, -0.05) is 24.3 Å². The van der Waals surface area contributed by atoms with E-state index in [0.717, 1.165) is 11.1 Å². The van der Waals surface area contributed by atoms with E-state index < -0.39 is 6.04 Å². The Morgan fingerprint density at radius 3 is 2.45 bits per heavy atom. The Hall–Kier alpha value is -3.52. The molecule has 7 nitrogen and oxygen atoms in total. The van der Waals surface area contributed by atoms with Crippen LogP contribution in [0, 0.1) is 0 Å². The molecule has 2 unspecified atom stereocenters. The van der Waals surface area contributed by atoms with E-state index in [1.165, 1.54) is 0 Å². The quantitative estimate of drug-likeness (QED) is 0.576. The number of hydrogen-bond acceptors (Lipinski definition) is 6. The second-order valence-corrected chi connectivity index (χ2v) is 8.58. The lowest BCUT2D eigenvalue weighted by atomic mass is 10.1. The Morgan fingerprint density at radius 1 is 1.03 bits per heavy atom. The number of ether oxygens (including phenoxy) is 2. The summed E-state index contributed by atoms with van der Waals surface area (Å²) in [6.45, 7) is 0.372. The summed E-state index contributed by atoms with van der Waals surface area (Å²) in [6, 6.07) is 17.7. The second kappa shape index (κ2) is 10.4. The highest BCUT2D eigenvalue weighted by Gasteiger charge is 2.42. The number of nitrogens with zero attached hydrogens (tertiary/aromatic N) is 2. The van der Waals surface area contributed by atoms with Crippen molar-refractivity contribution in [1.82, 2.24) is 15.2 Å². The van der Waals surface area contributed by atoms with Crippen molar-refractivity contribution in [3.05, 3.63) is 89.7 Å². The van der Waals surface area contributed by atoms with E-state index in [-0.39, 0.29) is 17.2 Å². The topological polar surface area (TPSA) is 80.8 Å². The summed E-state index contributed by atoms with van der Waals surface area (Å²) in [4.78, 5) is 32.4. The molecule has 0 aliphatic carbocycles. The number of thioether (sulfide) groups is 1. The minimum atomic E-state index is -0.609. The van der Waals surface area contributed by atoms with Gasteiger partial charge in [0.05, 0.1) is 14.2 Å². The van der Waals surface area contributed by atoms with E-state index in [2.05, 4.69) is 10.3 Å². The number of benzene rings is 2. The second-order valence-electron chi connectivity index (χ2n) is 7.47. The highest BCUT2D eigenvalue weighted by atomic mass is 32.2. The van der Waals surface area contributed by atoms with Crippen molar-refractivity contribution in [2.24, 2.45) is 0 Å². The van der Waals surface area contributed by atoms with Crippen molar-refractivity contribution in [3.8, 4) is 11.5 Å². The molecule has 1 aliphatic heterocycles. The zero-order valence-electron chi connectivity index (χ0n) is 18.4. The monoisotopic (exact) mass is 463 g/mol. The molecule has 4 rings (SSSR count).